The summed E-state index contributed by atoms with van der Waals surface area (Å²) in [5.74, 6) is 0.717. The summed E-state index contributed by atoms with van der Waals surface area (Å²) >= 11 is 0.943. The van der Waals surface area contributed by atoms with Crippen molar-refractivity contribution in [1.82, 2.24) is 9.10 Å². The second-order valence-corrected chi connectivity index (χ2v) is 6.22. The maximum atomic E-state index is 11.7. The number of aromatic nitrogens is 1. The second kappa shape index (κ2) is 5.94. The monoisotopic (exact) mass is 284 g/mol. The van der Waals surface area contributed by atoms with Crippen LogP contribution in [0.25, 0.3) is 0 Å². The first-order valence-corrected chi connectivity index (χ1v) is 7.52. The molecule has 1 aromatic carbocycles. The number of nitrogens with zero attached hydrogens (tertiary/aromatic N) is 1. The molecule has 0 unspecified atom stereocenters. The minimum atomic E-state index is -3.45. The van der Waals surface area contributed by atoms with Crippen molar-refractivity contribution in [2.45, 2.75) is 4.21 Å². The molecule has 1 N–H and O–H groups in total. The Labute approximate surface area is 110 Å². The van der Waals surface area contributed by atoms with Crippen molar-refractivity contribution in [2.24, 2.45) is 0 Å². The van der Waals surface area contributed by atoms with Crippen LogP contribution in [0, 0.1) is 0 Å². The van der Waals surface area contributed by atoms with Gasteiger partial charge in [-0.05, 0) is 29.7 Å². The number of nitrogens with one attached hydrogen (secondary N) is 1. The van der Waals surface area contributed by atoms with Crippen LogP contribution in [0.15, 0.2) is 46.8 Å². The van der Waals surface area contributed by atoms with Crippen molar-refractivity contribution >= 4 is 21.6 Å². The SMILES string of the molecule is O=S(=O)(NCCOc1ccccc1)c1ccns1. The van der Waals surface area contributed by atoms with Gasteiger partial charge in [-0.2, -0.15) is 4.37 Å². The molecule has 0 spiro atoms. The minimum absolute atomic E-state index is 0.210. The molecule has 0 saturated carbocycles. The lowest BCUT2D eigenvalue weighted by Gasteiger charge is -2.06. The molecule has 0 amide bonds. The van der Waals surface area contributed by atoms with Crippen LogP contribution in [-0.4, -0.2) is 25.9 Å². The highest BCUT2D eigenvalue weighted by atomic mass is 32.2. The average Bonchev–Trinajstić information content (AvgIpc) is 2.91. The summed E-state index contributed by atoms with van der Waals surface area (Å²) in [5.41, 5.74) is 0. The molecule has 0 aliphatic rings. The Morgan fingerprint density at radius 3 is 2.67 bits per heavy atom. The largest absolute Gasteiger partial charge is 0.492 e. The Morgan fingerprint density at radius 2 is 2.00 bits per heavy atom. The van der Waals surface area contributed by atoms with Gasteiger partial charge in [-0.25, -0.2) is 13.1 Å². The third-order valence-electron chi connectivity index (χ3n) is 2.09. The van der Waals surface area contributed by atoms with Gasteiger partial charge in [-0.1, -0.05) is 18.2 Å². The van der Waals surface area contributed by atoms with Crippen LogP contribution in [0.1, 0.15) is 0 Å². The van der Waals surface area contributed by atoms with Crippen molar-refractivity contribution in [3.8, 4) is 5.75 Å². The first-order chi connectivity index (χ1) is 8.68. The van der Waals surface area contributed by atoms with E-state index in [2.05, 4.69) is 9.10 Å². The molecule has 0 aliphatic heterocycles. The van der Waals surface area contributed by atoms with Crippen LogP contribution in [0.2, 0.25) is 0 Å². The fraction of sp³-hybridized carbons (Fsp3) is 0.182. The van der Waals surface area contributed by atoms with Gasteiger partial charge >= 0.3 is 0 Å². The first kappa shape index (κ1) is 13.0. The zero-order chi connectivity index (χ0) is 12.8. The Morgan fingerprint density at radius 1 is 1.22 bits per heavy atom. The summed E-state index contributed by atoms with van der Waals surface area (Å²) < 4.78 is 35.2. The van der Waals surface area contributed by atoms with Crippen molar-refractivity contribution in [3.63, 3.8) is 0 Å². The van der Waals surface area contributed by atoms with Gasteiger partial charge < -0.3 is 4.74 Å². The fourth-order valence-corrected chi connectivity index (χ4v) is 3.06. The molecule has 2 aromatic rings. The highest BCUT2D eigenvalue weighted by Crippen LogP contribution is 2.12. The number of para-hydroxylation sites is 1. The number of benzene rings is 1. The predicted molar refractivity (Wildman–Crippen MR) is 69.2 cm³/mol. The van der Waals surface area contributed by atoms with Gasteiger partial charge in [0.05, 0.1) is 0 Å². The summed E-state index contributed by atoms with van der Waals surface area (Å²) in [6, 6.07) is 10.7. The van der Waals surface area contributed by atoms with E-state index >= 15 is 0 Å². The quantitative estimate of drug-likeness (QED) is 0.816. The minimum Gasteiger partial charge on any atom is -0.492 e. The number of hydrogen-bond acceptors (Lipinski definition) is 5. The third kappa shape index (κ3) is 3.52. The van der Waals surface area contributed by atoms with Gasteiger partial charge in [-0.3, -0.25) is 0 Å². The van der Waals surface area contributed by atoms with Gasteiger partial charge in [0.1, 0.15) is 12.4 Å². The van der Waals surface area contributed by atoms with E-state index in [0.29, 0.717) is 0 Å². The molecular formula is C11H12N2O3S2. The van der Waals surface area contributed by atoms with Crippen LogP contribution in [0.5, 0.6) is 5.75 Å². The lowest BCUT2D eigenvalue weighted by molar-refractivity contribution is 0.323. The summed E-state index contributed by atoms with van der Waals surface area (Å²) in [7, 11) is -3.45. The first-order valence-electron chi connectivity index (χ1n) is 5.27. The Hall–Kier alpha value is -1.44. The number of ether oxygens (including phenoxy) is 1. The van der Waals surface area contributed by atoms with Crippen LogP contribution < -0.4 is 9.46 Å². The number of sulfonamides is 1. The third-order valence-corrected chi connectivity index (χ3v) is 4.76. The molecule has 1 aromatic heterocycles. The Kier molecular flexibility index (Phi) is 4.29. The van der Waals surface area contributed by atoms with Crippen molar-refractivity contribution in [1.29, 1.82) is 0 Å². The number of hydrogen-bond donors (Lipinski definition) is 1. The Bertz CT molecular complexity index is 568. The molecular weight excluding hydrogens is 272 g/mol. The second-order valence-electron chi connectivity index (χ2n) is 3.39. The molecule has 7 heteroatoms. The van der Waals surface area contributed by atoms with Gasteiger partial charge in [0.15, 0.2) is 4.21 Å². The standard InChI is InChI=1S/C11H12N2O3S2/c14-18(15,11-6-7-12-17-11)13-8-9-16-10-4-2-1-3-5-10/h1-7,13H,8-9H2. The normalized spacial score (nSPS) is 11.3. The van der Waals surface area contributed by atoms with E-state index in [1.54, 1.807) is 0 Å². The lowest BCUT2D eigenvalue weighted by Crippen LogP contribution is -2.27. The smallest absolute Gasteiger partial charge is 0.251 e. The van der Waals surface area contributed by atoms with Gasteiger partial charge in [0.25, 0.3) is 10.0 Å². The van der Waals surface area contributed by atoms with Crippen LogP contribution in [0.4, 0.5) is 0 Å². The maximum absolute atomic E-state index is 11.7. The molecule has 1 heterocycles. The van der Waals surface area contributed by atoms with Crippen LogP contribution in [0.3, 0.4) is 0 Å². The molecule has 0 aliphatic carbocycles. The molecule has 18 heavy (non-hydrogen) atoms. The zero-order valence-corrected chi connectivity index (χ0v) is 11.1. The summed E-state index contributed by atoms with van der Waals surface area (Å²) in [6.45, 7) is 0.497. The molecule has 0 atom stereocenters. The van der Waals surface area contributed by atoms with Gasteiger partial charge in [0.2, 0.25) is 0 Å². The molecule has 0 fully saturated rings. The topological polar surface area (TPSA) is 68.3 Å². The molecule has 96 valence electrons. The van der Waals surface area contributed by atoms with E-state index in [0.717, 1.165) is 17.3 Å². The highest BCUT2D eigenvalue weighted by Gasteiger charge is 2.14. The van der Waals surface area contributed by atoms with Gasteiger partial charge in [-0.15, -0.1) is 0 Å². The van der Waals surface area contributed by atoms with E-state index in [9.17, 15) is 8.42 Å². The van der Waals surface area contributed by atoms with Crippen LogP contribution in [-0.2, 0) is 10.0 Å². The van der Waals surface area contributed by atoms with E-state index in [1.165, 1.54) is 12.3 Å². The van der Waals surface area contributed by atoms with Gasteiger partial charge in [0, 0.05) is 12.7 Å². The van der Waals surface area contributed by atoms with E-state index in [-0.39, 0.29) is 17.4 Å². The van der Waals surface area contributed by atoms with Crippen LogP contribution >= 0.6 is 11.5 Å². The molecule has 2 rings (SSSR count). The van der Waals surface area contributed by atoms with E-state index in [4.69, 9.17) is 4.74 Å². The van der Waals surface area contributed by atoms with Crippen molar-refractivity contribution in [3.05, 3.63) is 42.6 Å². The average molecular weight is 284 g/mol. The van der Waals surface area contributed by atoms with E-state index in [1.807, 2.05) is 30.3 Å². The lowest BCUT2D eigenvalue weighted by atomic mass is 10.3. The Balaban J connectivity index is 1.79. The van der Waals surface area contributed by atoms with E-state index < -0.39 is 10.0 Å². The summed E-state index contributed by atoms with van der Waals surface area (Å²) in [4.78, 5) is 0. The predicted octanol–water partition coefficient (Wildman–Crippen LogP) is 1.50. The van der Waals surface area contributed by atoms with Crippen molar-refractivity contribution < 1.29 is 13.2 Å². The highest BCUT2D eigenvalue weighted by molar-refractivity contribution is 7.91. The fourth-order valence-electron chi connectivity index (χ4n) is 1.28. The number of rotatable bonds is 6. The summed E-state index contributed by atoms with van der Waals surface area (Å²) in [5, 5.41) is 0. The maximum Gasteiger partial charge on any atom is 0.251 e. The van der Waals surface area contributed by atoms with Crippen molar-refractivity contribution in [2.75, 3.05) is 13.2 Å². The molecule has 0 saturated heterocycles. The molecule has 5 nitrogen and oxygen atoms in total. The molecule has 0 radical (unpaired) electrons. The molecule has 0 bridgehead atoms. The summed E-state index contributed by atoms with van der Waals surface area (Å²) in [6.07, 6.45) is 1.46. The zero-order valence-electron chi connectivity index (χ0n) is 9.44.